The van der Waals surface area contributed by atoms with Crippen LogP contribution < -0.4 is 0 Å². The van der Waals surface area contributed by atoms with Crippen molar-refractivity contribution in [3.63, 3.8) is 0 Å². The van der Waals surface area contributed by atoms with Gasteiger partial charge in [0.15, 0.2) is 0 Å². The molecular weight excluding hydrogens is 400 g/mol. The maximum atomic E-state index is 13.3. The highest BCUT2D eigenvalue weighted by Crippen LogP contribution is 2.45. The first-order chi connectivity index (χ1) is 13.9. The van der Waals surface area contributed by atoms with Crippen LogP contribution in [0.25, 0.3) is 0 Å². The molecule has 0 fully saturated rings. The number of aryl methyl sites for hydroxylation is 2. The smallest absolute Gasteiger partial charge is 0.205 e. The third-order valence-electron chi connectivity index (χ3n) is 4.61. The summed E-state index contributed by atoms with van der Waals surface area (Å²) < 4.78 is 0. The zero-order valence-electron chi connectivity index (χ0n) is 15.9. The molecule has 0 saturated heterocycles. The zero-order chi connectivity index (χ0) is 20.5. The Hall–Kier alpha value is -2.76. The molecule has 0 unspecified atom stereocenters. The lowest BCUT2D eigenvalue weighted by molar-refractivity contribution is 0.0986. The maximum Gasteiger partial charge on any atom is 0.205 e. The van der Waals surface area contributed by atoms with E-state index < -0.39 is 0 Å². The van der Waals surface area contributed by atoms with Gasteiger partial charge >= 0.3 is 0 Å². The summed E-state index contributed by atoms with van der Waals surface area (Å²) in [5, 5.41) is 10.3. The number of aromatic hydroxyl groups is 1. The number of phenolic OH excluding ortho intramolecular Hbond substituents is 1. The summed E-state index contributed by atoms with van der Waals surface area (Å²) in [6.07, 6.45) is 0. The number of Topliss-reactive ketones (excluding diaryl/α,β-unsaturated/α-hetero) is 2. The topological polar surface area (TPSA) is 54.4 Å². The van der Waals surface area contributed by atoms with E-state index in [9.17, 15) is 14.7 Å². The number of hydrogen-bond donors (Lipinski definition) is 1. The van der Waals surface area contributed by atoms with Crippen molar-refractivity contribution in [3.05, 3.63) is 98.8 Å². The number of carbonyl (C=O) groups is 2. The predicted octanol–water partition coefficient (Wildman–Crippen LogP) is 6.18. The van der Waals surface area contributed by atoms with Crippen LogP contribution in [0.4, 0.5) is 0 Å². The van der Waals surface area contributed by atoms with E-state index in [0.29, 0.717) is 9.81 Å². The summed E-state index contributed by atoms with van der Waals surface area (Å²) in [6, 6.07) is 20.3. The molecule has 0 spiro atoms. The van der Waals surface area contributed by atoms with E-state index in [1.807, 2.05) is 62.4 Å². The number of thioether (sulfide) groups is 2. The minimum atomic E-state index is -0.321. The van der Waals surface area contributed by atoms with Gasteiger partial charge in [0, 0.05) is 15.4 Å². The average molecular weight is 419 g/mol. The molecule has 0 bridgehead atoms. The number of allylic oxidation sites excluding steroid dienone is 2. The van der Waals surface area contributed by atoms with Crippen LogP contribution in [-0.2, 0) is 0 Å². The molecule has 0 amide bonds. The van der Waals surface area contributed by atoms with Crippen molar-refractivity contribution in [1.29, 1.82) is 0 Å². The third kappa shape index (κ3) is 3.88. The van der Waals surface area contributed by atoms with Crippen LogP contribution >= 0.6 is 23.5 Å². The highest BCUT2D eigenvalue weighted by Gasteiger charge is 2.35. The van der Waals surface area contributed by atoms with E-state index in [4.69, 9.17) is 0 Å². The van der Waals surface area contributed by atoms with Gasteiger partial charge in [0.25, 0.3) is 0 Å². The Labute approximate surface area is 177 Å². The van der Waals surface area contributed by atoms with Crippen molar-refractivity contribution < 1.29 is 14.7 Å². The maximum absolute atomic E-state index is 13.3. The lowest BCUT2D eigenvalue weighted by Gasteiger charge is -2.21. The SMILES string of the molecule is Cc1ccc(SC2=C(Sc3ccc(C)cc3)C(=O)c3c(O)cccc3C2=O)cc1. The summed E-state index contributed by atoms with van der Waals surface area (Å²) in [6.45, 7) is 4.00. The van der Waals surface area contributed by atoms with E-state index in [1.54, 1.807) is 12.1 Å². The highest BCUT2D eigenvalue weighted by atomic mass is 32.2. The Morgan fingerprint density at radius 3 is 1.66 bits per heavy atom. The fourth-order valence-electron chi connectivity index (χ4n) is 3.04. The van der Waals surface area contributed by atoms with Crippen molar-refractivity contribution in [2.45, 2.75) is 23.6 Å². The third-order valence-corrected chi connectivity index (χ3v) is 6.95. The highest BCUT2D eigenvalue weighted by molar-refractivity contribution is 8.08. The normalized spacial score (nSPS) is 13.6. The molecule has 1 N–H and O–H groups in total. The van der Waals surface area contributed by atoms with Crippen molar-refractivity contribution >= 4 is 35.1 Å². The molecule has 0 aromatic heterocycles. The summed E-state index contributed by atoms with van der Waals surface area (Å²) in [7, 11) is 0. The zero-order valence-corrected chi connectivity index (χ0v) is 17.6. The van der Waals surface area contributed by atoms with Gasteiger partial charge in [0.05, 0.1) is 15.4 Å². The largest absolute Gasteiger partial charge is 0.507 e. The van der Waals surface area contributed by atoms with E-state index in [2.05, 4.69) is 0 Å². The Morgan fingerprint density at radius 1 is 0.655 bits per heavy atom. The van der Waals surface area contributed by atoms with Crippen molar-refractivity contribution in [2.75, 3.05) is 0 Å². The molecule has 4 rings (SSSR count). The molecule has 0 saturated carbocycles. The lowest BCUT2D eigenvalue weighted by atomic mass is 9.93. The second-order valence-corrected chi connectivity index (χ2v) is 9.01. The van der Waals surface area contributed by atoms with Gasteiger partial charge in [-0.3, -0.25) is 9.59 Å². The van der Waals surface area contributed by atoms with Crippen LogP contribution in [0.2, 0.25) is 0 Å². The van der Waals surface area contributed by atoms with Crippen molar-refractivity contribution in [3.8, 4) is 5.75 Å². The minimum Gasteiger partial charge on any atom is -0.507 e. The minimum absolute atomic E-state index is 0.0837. The quantitative estimate of drug-likeness (QED) is 0.548. The second-order valence-electron chi connectivity index (χ2n) is 6.85. The van der Waals surface area contributed by atoms with E-state index in [-0.39, 0.29) is 28.4 Å². The number of benzene rings is 3. The Morgan fingerprint density at radius 2 is 1.14 bits per heavy atom. The summed E-state index contributed by atoms with van der Waals surface area (Å²) in [4.78, 5) is 29.1. The standard InChI is InChI=1S/C24H18O3S2/c1-14-6-10-16(11-7-14)28-23-21(26)18-4-3-5-19(25)20(18)22(27)24(23)29-17-12-8-15(2)9-13-17/h3-13,25H,1-2H3. The number of hydrogen-bond acceptors (Lipinski definition) is 5. The number of phenols is 1. The van der Waals surface area contributed by atoms with E-state index in [1.165, 1.54) is 29.6 Å². The first-order valence-electron chi connectivity index (χ1n) is 9.09. The molecule has 5 heteroatoms. The molecule has 0 atom stereocenters. The van der Waals surface area contributed by atoms with Gasteiger partial charge in [-0.15, -0.1) is 0 Å². The Bertz CT molecular complexity index is 1140. The number of carbonyl (C=O) groups excluding carboxylic acids is 2. The van der Waals surface area contributed by atoms with Gasteiger partial charge in [0.2, 0.25) is 11.6 Å². The molecule has 144 valence electrons. The molecule has 3 aromatic carbocycles. The van der Waals surface area contributed by atoms with Crippen LogP contribution in [0.5, 0.6) is 5.75 Å². The van der Waals surface area contributed by atoms with Crippen molar-refractivity contribution in [1.82, 2.24) is 0 Å². The fraction of sp³-hybridized carbons (Fsp3) is 0.0833. The van der Waals surface area contributed by atoms with Gasteiger partial charge in [-0.1, -0.05) is 65.0 Å². The molecule has 3 nitrogen and oxygen atoms in total. The first kappa shape index (κ1) is 19.6. The van der Waals surface area contributed by atoms with Gasteiger partial charge in [-0.25, -0.2) is 0 Å². The van der Waals surface area contributed by atoms with Crippen LogP contribution in [0, 0.1) is 13.8 Å². The van der Waals surface area contributed by atoms with Gasteiger partial charge < -0.3 is 5.11 Å². The predicted molar refractivity (Wildman–Crippen MR) is 118 cm³/mol. The molecule has 1 aliphatic rings. The first-order valence-corrected chi connectivity index (χ1v) is 10.7. The molecule has 29 heavy (non-hydrogen) atoms. The molecule has 0 heterocycles. The van der Waals surface area contributed by atoms with E-state index >= 15 is 0 Å². The van der Waals surface area contributed by atoms with E-state index in [0.717, 1.165) is 20.9 Å². The molecule has 0 radical (unpaired) electrons. The monoisotopic (exact) mass is 418 g/mol. The van der Waals surface area contributed by atoms with Crippen LogP contribution in [0.1, 0.15) is 31.8 Å². The van der Waals surface area contributed by atoms with Gasteiger partial charge in [-0.05, 0) is 50.2 Å². The van der Waals surface area contributed by atoms with Crippen LogP contribution in [0.3, 0.4) is 0 Å². The van der Waals surface area contributed by atoms with Crippen molar-refractivity contribution in [2.24, 2.45) is 0 Å². The summed E-state index contributed by atoms with van der Waals surface area (Å²) in [5.74, 6) is -0.726. The number of ketones is 2. The number of rotatable bonds is 4. The number of fused-ring (bicyclic) bond motifs is 1. The van der Waals surface area contributed by atoms with Gasteiger partial charge in [0.1, 0.15) is 5.75 Å². The lowest BCUT2D eigenvalue weighted by Crippen LogP contribution is -2.19. The van der Waals surface area contributed by atoms with Crippen LogP contribution in [0.15, 0.2) is 86.3 Å². The Balaban J connectivity index is 1.83. The summed E-state index contributed by atoms with van der Waals surface area (Å²) >= 11 is 2.56. The summed E-state index contributed by atoms with van der Waals surface area (Å²) in [5.41, 5.74) is 2.57. The molecule has 0 aliphatic heterocycles. The second kappa shape index (κ2) is 7.93. The Kier molecular flexibility index (Phi) is 5.35. The molecule has 1 aliphatic carbocycles. The molecule has 3 aromatic rings. The van der Waals surface area contributed by atoms with Crippen LogP contribution in [-0.4, -0.2) is 16.7 Å². The molecular formula is C24H18O3S2. The fourth-order valence-corrected chi connectivity index (χ4v) is 5.08. The van der Waals surface area contributed by atoms with Gasteiger partial charge in [-0.2, -0.15) is 0 Å². The average Bonchev–Trinajstić information content (AvgIpc) is 2.71.